The average Bonchev–Trinajstić information content (AvgIpc) is 2.68. The highest BCUT2D eigenvalue weighted by Crippen LogP contribution is 2.29. The Hall–Kier alpha value is -1.42. The van der Waals surface area contributed by atoms with E-state index in [1.54, 1.807) is 11.3 Å². The number of nitrogens with one attached hydrogen (secondary N) is 1. The van der Waals surface area contributed by atoms with Crippen LogP contribution in [0.3, 0.4) is 0 Å². The number of hydrogen-bond donors (Lipinski definition) is 1. The molecule has 0 radical (unpaired) electrons. The maximum Gasteiger partial charge on any atom is 0.112 e. The summed E-state index contributed by atoms with van der Waals surface area (Å²) in [6, 6.07) is 4.14. The van der Waals surface area contributed by atoms with Crippen LogP contribution < -0.4 is 0 Å². The fourth-order valence-electron chi connectivity index (χ4n) is 1.70. The van der Waals surface area contributed by atoms with Gasteiger partial charge in [-0.15, -0.1) is 11.3 Å². The minimum atomic E-state index is 1.05. The maximum atomic E-state index is 4.44. The molecule has 0 fully saturated rings. The first kappa shape index (κ1) is 7.94. The Morgan fingerprint density at radius 2 is 2.14 bits per heavy atom. The number of H-pyrrole nitrogens is 1. The lowest BCUT2D eigenvalue weighted by Gasteiger charge is -1.89. The topological polar surface area (TPSA) is 41.6 Å². The van der Waals surface area contributed by atoms with Crippen LogP contribution in [-0.4, -0.2) is 15.2 Å². The second-order valence-corrected chi connectivity index (χ2v) is 4.59. The molecule has 0 saturated carbocycles. The van der Waals surface area contributed by atoms with Crippen molar-refractivity contribution >= 4 is 32.5 Å². The second-order valence-electron chi connectivity index (χ2n) is 3.39. The summed E-state index contributed by atoms with van der Waals surface area (Å²) in [5, 5.41) is 9.60. The number of thiazole rings is 1. The largest absolute Gasteiger partial charge is 0.282 e. The summed E-state index contributed by atoms with van der Waals surface area (Å²) in [4.78, 5) is 4.44. The van der Waals surface area contributed by atoms with Gasteiger partial charge in [0.1, 0.15) is 5.52 Å². The summed E-state index contributed by atoms with van der Waals surface area (Å²) in [5.74, 6) is 0. The Bertz CT molecular complexity index is 621. The molecule has 0 bridgehead atoms. The van der Waals surface area contributed by atoms with Crippen molar-refractivity contribution in [3.8, 4) is 0 Å². The first-order valence-electron chi connectivity index (χ1n) is 4.46. The lowest BCUT2D eigenvalue weighted by atomic mass is 10.2. The van der Waals surface area contributed by atoms with Gasteiger partial charge in [-0.1, -0.05) is 0 Å². The van der Waals surface area contributed by atoms with Gasteiger partial charge in [-0.25, -0.2) is 4.98 Å². The van der Waals surface area contributed by atoms with Gasteiger partial charge in [-0.3, -0.25) is 5.10 Å². The molecular weight excluding hydrogens is 194 g/mol. The summed E-state index contributed by atoms with van der Waals surface area (Å²) < 4.78 is 1.18. The van der Waals surface area contributed by atoms with Crippen LogP contribution in [0, 0.1) is 13.8 Å². The summed E-state index contributed by atoms with van der Waals surface area (Å²) in [6.45, 7) is 4.06. The van der Waals surface area contributed by atoms with E-state index in [2.05, 4.69) is 27.3 Å². The van der Waals surface area contributed by atoms with E-state index in [1.807, 2.05) is 13.8 Å². The van der Waals surface area contributed by atoms with Gasteiger partial charge in [0.05, 0.1) is 15.2 Å². The van der Waals surface area contributed by atoms with Gasteiger partial charge in [0.25, 0.3) is 0 Å². The van der Waals surface area contributed by atoms with Crippen LogP contribution in [-0.2, 0) is 0 Å². The third kappa shape index (κ3) is 0.915. The molecule has 0 aliphatic rings. The highest BCUT2D eigenvalue weighted by Gasteiger charge is 2.08. The predicted molar refractivity (Wildman–Crippen MR) is 58.7 cm³/mol. The molecular formula is C10H9N3S. The number of aromatic nitrogens is 3. The minimum Gasteiger partial charge on any atom is -0.282 e. The molecule has 0 unspecified atom stereocenters. The van der Waals surface area contributed by atoms with Crippen molar-refractivity contribution in [2.24, 2.45) is 0 Å². The van der Waals surface area contributed by atoms with Crippen molar-refractivity contribution in [2.75, 3.05) is 0 Å². The van der Waals surface area contributed by atoms with Gasteiger partial charge in [0.2, 0.25) is 0 Å². The first-order valence-corrected chi connectivity index (χ1v) is 5.28. The molecule has 3 nitrogen and oxygen atoms in total. The molecule has 0 aliphatic carbocycles. The average molecular weight is 203 g/mol. The fourth-order valence-corrected chi connectivity index (χ4v) is 2.61. The second kappa shape index (κ2) is 2.54. The number of rotatable bonds is 0. The molecule has 0 aliphatic heterocycles. The Balaban J connectivity index is 2.60. The van der Waals surface area contributed by atoms with Crippen LogP contribution >= 0.6 is 11.3 Å². The lowest BCUT2D eigenvalue weighted by molar-refractivity contribution is 1.07. The molecule has 2 heterocycles. The van der Waals surface area contributed by atoms with Gasteiger partial charge in [0, 0.05) is 11.1 Å². The van der Waals surface area contributed by atoms with Crippen LogP contribution in [0.1, 0.15) is 10.7 Å². The molecule has 4 heteroatoms. The normalized spacial score (nSPS) is 11.6. The van der Waals surface area contributed by atoms with Gasteiger partial charge in [-0.05, 0) is 26.0 Å². The quantitative estimate of drug-likeness (QED) is 0.610. The number of hydrogen-bond acceptors (Lipinski definition) is 3. The Labute approximate surface area is 84.8 Å². The number of benzene rings is 1. The van der Waals surface area contributed by atoms with E-state index in [0.29, 0.717) is 0 Å². The summed E-state index contributed by atoms with van der Waals surface area (Å²) in [7, 11) is 0. The molecule has 14 heavy (non-hydrogen) atoms. The third-order valence-corrected chi connectivity index (χ3v) is 3.37. The Morgan fingerprint density at radius 3 is 3.00 bits per heavy atom. The number of fused-ring (bicyclic) bond motifs is 3. The van der Waals surface area contributed by atoms with Crippen LogP contribution in [0.4, 0.5) is 0 Å². The zero-order valence-corrected chi connectivity index (χ0v) is 8.77. The van der Waals surface area contributed by atoms with Gasteiger partial charge in [-0.2, -0.15) is 5.10 Å². The molecule has 3 aromatic rings. The van der Waals surface area contributed by atoms with Crippen LogP contribution in [0.5, 0.6) is 0 Å². The highest BCUT2D eigenvalue weighted by atomic mass is 32.1. The zero-order chi connectivity index (χ0) is 9.71. The van der Waals surface area contributed by atoms with Crippen molar-refractivity contribution in [2.45, 2.75) is 13.8 Å². The monoisotopic (exact) mass is 203 g/mol. The lowest BCUT2D eigenvalue weighted by Crippen LogP contribution is -1.71. The maximum absolute atomic E-state index is 4.44. The molecule has 3 rings (SSSR count). The van der Waals surface area contributed by atoms with Crippen LogP contribution in [0.15, 0.2) is 12.1 Å². The number of aromatic amines is 1. The van der Waals surface area contributed by atoms with E-state index in [1.165, 1.54) is 10.1 Å². The predicted octanol–water partition coefficient (Wildman–Crippen LogP) is 2.79. The van der Waals surface area contributed by atoms with Gasteiger partial charge < -0.3 is 0 Å². The van der Waals surface area contributed by atoms with Crippen LogP contribution in [0.25, 0.3) is 21.1 Å². The number of aryl methyl sites for hydroxylation is 2. The molecule has 1 N–H and O–H groups in total. The van der Waals surface area contributed by atoms with E-state index in [9.17, 15) is 0 Å². The van der Waals surface area contributed by atoms with Crippen molar-refractivity contribution in [1.29, 1.82) is 0 Å². The van der Waals surface area contributed by atoms with Crippen molar-refractivity contribution in [3.63, 3.8) is 0 Å². The standard InChI is InChI=1S/C10H9N3S/c1-5-7-3-4-8-10(9(7)13-12-5)14-6(2)11-8/h3-4H,1-2H3,(H,12,13). The van der Waals surface area contributed by atoms with E-state index >= 15 is 0 Å². The molecule has 0 saturated heterocycles. The molecule has 1 aromatic carbocycles. The van der Waals surface area contributed by atoms with Crippen LogP contribution in [0.2, 0.25) is 0 Å². The highest BCUT2D eigenvalue weighted by molar-refractivity contribution is 7.19. The molecule has 0 atom stereocenters. The molecule has 70 valence electrons. The van der Waals surface area contributed by atoms with Crippen molar-refractivity contribution in [3.05, 3.63) is 22.8 Å². The SMILES string of the molecule is Cc1nc2ccc3c(C)[nH]nc3c2s1. The van der Waals surface area contributed by atoms with E-state index in [0.717, 1.165) is 21.7 Å². The van der Waals surface area contributed by atoms with Gasteiger partial charge >= 0.3 is 0 Å². The molecule has 0 amide bonds. The molecule has 0 spiro atoms. The van der Waals surface area contributed by atoms with Crippen molar-refractivity contribution in [1.82, 2.24) is 15.2 Å². The van der Waals surface area contributed by atoms with Gasteiger partial charge in [0.15, 0.2) is 0 Å². The first-order chi connectivity index (χ1) is 6.75. The molecule has 2 aromatic heterocycles. The summed E-state index contributed by atoms with van der Waals surface area (Å²) in [6.07, 6.45) is 0. The Kier molecular flexibility index (Phi) is 1.44. The van der Waals surface area contributed by atoms with E-state index in [4.69, 9.17) is 0 Å². The third-order valence-electron chi connectivity index (χ3n) is 2.38. The Morgan fingerprint density at radius 1 is 1.29 bits per heavy atom. The van der Waals surface area contributed by atoms with E-state index < -0.39 is 0 Å². The summed E-state index contributed by atoms with van der Waals surface area (Å²) >= 11 is 1.70. The van der Waals surface area contributed by atoms with E-state index in [-0.39, 0.29) is 0 Å². The van der Waals surface area contributed by atoms with Crippen molar-refractivity contribution < 1.29 is 0 Å². The smallest absolute Gasteiger partial charge is 0.112 e. The minimum absolute atomic E-state index is 1.05. The summed E-state index contributed by atoms with van der Waals surface area (Å²) in [5.41, 5.74) is 3.21. The zero-order valence-electron chi connectivity index (χ0n) is 7.96. The fraction of sp³-hybridized carbons (Fsp3) is 0.200. The number of nitrogens with zero attached hydrogens (tertiary/aromatic N) is 2.